The number of carbonyl (C=O) groups excluding carboxylic acids is 1. The zero-order chi connectivity index (χ0) is 19.7. The molecule has 3 aromatic heterocycles. The molecular formula is C21H19N3O2S2. The molecule has 28 heavy (non-hydrogen) atoms. The predicted octanol–water partition coefficient (Wildman–Crippen LogP) is 5.49. The zero-order valence-electron chi connectivity index (χ0n) is 15.8. The lowest BCUT2D eigenvalue weighted by atomic mass is 10.2. The number of aryl methyl sites for hydroxylation is 2. The average Bonchev–Trinajstić information content (AvgIpc) is 3.40. The largest absolute Gasteiger partial charge is 0.410 e. The van der Waals surface area contributed by atoms with Crippen molar-refractivity contribution < 1.29 is 9.21 Å². The highest BCUT2D eigenvalue weighted by Crippen LogP contribution is 2.28. The average molecular weight is 410 g/mol. The van der Waals surface area contributed by atoms with Gasteiger partial charge < -0.3 is 8.98 Å². The van der Waals surface area contributed by atoms with Crippen molar-refractivity contribution in [2.75, 3.05) is 5.75 Å². The molecule has 0 radical (unpaired) electrons. The molecule has 4 rings (SSSR count). The third kappa shape index (κ3) is 3.68. The second-order valence-electron chi connectivity index (χ2n) is 6.52. The summed E-state index contributed by atoms with van der Waals surface area (Å²) in [5.41, 5.74) is 4.96. The van der Waals surface area contributed by atoms with E-state index in [1.165, 1.54) is 17.3 Å². The third-order valence-electron chi connectivity index (χ3n) is 4.46. The van der Waals surface area contributed by atoms with Gasteiger partial charge in [-0.3, -0.25) is 4.79 Å². The standard InChI is InChI=1S/C21H19N3O2S2/c1-13-6-4-7-16(10-13)24-14(2)11-17(15(24)3)18(25)12-28-21-23-22-20(26-21)19-8-5-9-27-19/h4-11H,12H2,1-3H3. The van der Waals surface area contributed by atoms with Crippen LogP contribution in [0.3, 0.4) is 0 Å². The third-order valence-corrected chi connectivity index (χ3v) is 6.13. The van der Waals surface area contributed by atoms with Crippen LogP contribution in [0.2, 0.25) is 0 Å². The molecule has 0 atom stereocenters. The Hall–Kier alpha value is -2.64. The lowest BCUT2D eigenvalue weighted by molar-refractivity contribution is 0.102. The van der Waals surface area contributed by atoms with Gasteiger partial charge >= 0.3 is 0 Å². The predicted molar refractivity (Wildman–Crippen MR) is 113 cm³/mol. The second-order valence-corrected chi connectivity index (χ2v) is 8.40. The van der Waals surface area contributed by atoms with Crippen molar-refractivity contribution in [2.45, 2.75) is 26.0 Å². The van der Waals surface area contributed by atoms with E-state index >= 15 is 0 Å². The number of ketones is 1. The van der Waals surface area contributed by atoms with E-state index in [1.54, 1.807) is 11.3 Å². The molecule has 0 bridgehead atoms. The molecule has 0 unspecified atom stereocenters. The summed E-state index contributed by atoms with van der Waals surface area (Å²) in [4.78, 5) is 13.7. The Balaban J connectivity index is 1.51. The first-order valence-electron chi connectivity index (χ1n) is 8.82. The summed E-state index contributed by atoms with van der Waals surface area (Å²) >= 11 is 2.81. The van der Waals surface area contributed by atoms with Crippen LogP contribution >= 0.6 is 23.1 Å². The lowest BCUT2D eigenvalue weighted by Crippen LogP contribution is -2.05. The van der Waals surface area contributed by atoms with Crippen LogP contribution < -0.4 is 0 Å². The van der Waals surface area contributed by atoms with Gasteiger partial charge in [0.25, 0.3) is 11.1 Å². The number of benzene rings is 1. The number of thioether (sulfide) groups is 1. The highest BCUT2D eigenvalue weighted by atomic mass is 32.2. The van der Waals surface area contributed by atoms with Gasteiger partial charge in [0.2, 0.25) is 0 Å². The Labute approximate surface area is 171 Å². The molecule has 0 aliphatic heterocycles. The molecule has 4 aromatic rings. The summed E-state index contributed by atoms with van der Waals surface area (Å²) in [6, 6.07) is 14.1. The van der Waals surface area contributed by atoms with E-state index in [2.05, 4.69) is 39.9 Å². The molecule has 0 amide bonds. The molecule has 0 fully saturated rings. The first kappa shape index (κ1) is 18.7. The summed E-state index contributed by atoms with van der Waals surface area (Å²) < 4.78 is 7.77. The molecule has 0 saturated heterocycles. The Kier molecular flexibility index (Phi) is 5.19. The molecule has 0 aliphatic carbocycles. The number of rotatable bonds is 6. The van der Waals surface area contributed by atoms with Crippen molar-refractivity contribution in [1.29, 1.82) is 0 Å². The minimum absolute atomic E-state index is 0.0490. The van der Waals surface area contributed by atoms with Crippen LogP contribution in [-0.2, 0) is 0 Å². The van der Waals surface area contributed by atoms with Crippen molar-refractivity contribution in [3.63, 3.8) is 0 Å². The van der Waals surface area contributed by atoms with Gasteiger partial charge in [-0.25, -0.2) is 0 Å². The molecule has 0 saturated carbocycles. The Morgan fingerprint density at radius 1 is 1.14 bits per heavy atom. The first-order chi connectivity index (χ1) is 13.5. The number of carbonyl (C=O) groups is 1. The molecule has 1 aromatic carbocycles. The maximum absolute atomic E-state index is 12.8. The minimum Gasteiger partial charge on any atom is -0.410 e. The fourth-order valence-electron chi connectivity index (χ4n) is 3.18. The number of thiophene rings is 1. The second kappa shape index (κ2) is 7.77. The minimum atomic E-state index is 0.0490. The summed E-state index contributed by atoms with van der Waals surface area (Å²) in [5.74, 6) is 0.792. The van der Waals surface area contributed by atoms with Crippen LogP contribution in [-0.4, -0.2) is 26.3 Å². The SMILES string of the molecule is Cc1cccc(-n2c(C)cc(C(=O)CSc3nnc(-c4cccs4)o3)c2C)c1. The summed E-state index contributed by atoms with van der Waals surface area (Å²) in [7, 11) is 0. The van der Waals surface area contributed by atoms with Gasteiger partial charge in [0, 0.05) is 22.6 Å². The van der Waals surface area contributed by atoms with Gasteiger partial charge in [0.05, 0.1) is 10.6 Å². The zero-order valence-corrected chi connectivity index (χ0v) is 17.4. The Bertz CT molecular complexity index is 1130. The van der Waals surface area contributed by atoms with Crippen LogP contribution in [0.1, 0.15) is 27.3 Å². The maximum atomic E-state index is 12.8. The number of aromatic nitrogens is 3. The van der Waals surface area contributed by atoms with Crippen LogP contribution in [0.25, 0.3) is 16.5 Å². The van der Waals surface area contributed by atoms with E-state index in [0.717, 1.165) is 27.5 Å². The van der Waals surface area contributed by atoms with E-state index in [0.29, 0.717) is 11.1 Å². The van der Waals surface area contributed by atoms with Gasteiger partial charge in [-0.05, 0) is 56.0 Å². The van der Waals surface area contributed by atoms with Gasteiger partial charge in [0.15, 0.2) is 5.78 Å². The highest BCUT2D eigenvalue weighted by molar-refractivity contribution is 7.99. The number of nitrogens with zero attached hydrogens (tertiary/aromatic N) is 3. The number of hydrogen-bond acceptors (Lipinski definition) is 6. The van der Waals surface area contributed by atoms with Crippen molar-refractivity contribution in [1.82, 2.24) is 14.8 Å². The molecule has 0 aliphatic rings. The van der Waals surface area contributed by atoms with E-state index < -0.39 is 0 Å². The fraction of sp³-hybridized carbons (Fsp3) is 0.190. The lowest BCUT2D eigenvalue weighted by Gasteiger charge is -2.10. The van der Waals surface area contributed by atoms with Gasteiger partial charge in [0.1, 0.15) is 0 Å². The van der Waals surface area contributed by atoms with Crippen LogP contribution in [0, 0.1) is 20.8 Å². The van der Waals surface area contributed by atoms with E-state index in [9.17, 15) is 4.79 Å². The van der Waals surface area contributed by atoms with E-state index in [-0.39, 0.29) is 11.5 Å². The molecule has 0 spiro atoms. The quantitative estimate of drug-likeness (QED) is 0.311. The van der Waals surface area contributed by atoms with E-state index in [1.807, 2.05) is 43.5 Å². The highest BCUT2D eigenvalue weighted by Gasteiger charge is 2.18. The van der Waals surface area contributed by atoms with Crippen LogP contribution in [0.4, 0.5) is 0 Å². The van der Waals surface area contributed by atoms with Gasteiger partial charge in [-0.2, -0.15) is 0 Å². The topological polar surface area (TPSA) is 60.9 Å². The molecule has 0 N–H and O–H groups in total. The fourth-order valence-corrected chi connectivity index (χ4v) is 4.47. The van der Waals surface area contributed by atoms with Crippen LogP contribution in [0.15, 0.2) is 57.5 Å². The molecule has 142 valence electrons. The molecule has 5 nitrogen and oxygen atoms in total. The first-order valence-corrected chi connectivity index (χ1v) is 10.7. The molecule has 7 heteroatoms. The number of Topliss-reactive ketones (excluding diaryl/α,β-unsaturated/α-hetero) is 1. The number of hydrogen-bond donors (Lipinski definition) is 0. The molecular weight excluding hydrogens is 390 g/mol. The van der Waals surface area contributed by atoms with Crippen molar-refractivity contribution in [2.24, 2.45) is 0 Å². The Morgan fingerprint density at radius 2 is 2.00 bits per heavy atom. The van der Waals surface area contributed by atoms with Gasteiger partial charge in [-0.15, -0.1) is 21.5 Å². The van der Waals surface area contributed by atoms with Crippen molar-refractivity contribution in [3.05, 3.63) is 70.4 Å². The van der Waals surface area contributed by atoms with Gasteiger partial charge in [-0.1, -0.05) is 30.0 Å². The van der Waals surface area contributed by atoms with Crippen molar-refractivity contribution >= 4 is 28.9 Å². The van der Waals surface area contributed by atoms with E-state index in [4.69, 9.17) is 4.42 Å². The summed E-state index contributed by atoms with van der Waals surface area (Å²) in [6.07, 6.45) is 0. The monoisotopic (exact) mass is 409 g/mol. The maximum Gasteiger partial charge on any atom is 0.277 e. The van der Waals surface area contributed by atoms with Crippen molar-refractivity contribution in [3.8, 4) is 16.5 Å². The van der Waals surface area contributed by atoms with Crippen LogP contribution in [0.5, 0.6) is 0 Å². The summed E-state index contributed by atoms with van der Waals surface area (Å²) in [6.45, 7) is 6.06. The smallest absolute Gasteiger partial charge is 0.277 e. The molecule has 3 heterocycles. The Morgan fingerprint density at radius 3 is 2.75 bits per heavy atom. The summed E-state index contributed by atoms with van der Waals surface area (Å²) in [5, 5.41) is 10.5. The normalized spacial score (nSPS) is 11.1.